The van der Waals surface area contributed by atoms with Crippen LogP contribution in [0.5, 0.6) is 0 Å². The summed E-state index contributed by atoms with van der Waals surface area (Å²) in [7, 11) is 0. The normalized spacial score (nSPS) is 13.6. The van der Waals surface area contributed by atoms with Crippen molar-refractivity contribution < 1.29 is 15.0 Å². The first-order valence-electron chi connectivity index (χ1n) is 25.3. The highest BCUT2D eigenvalue weighted by Crippen LogP contribution is 2.16. The van der Waals surface area contributed by atoms with Crippen LogP contribution >= 0.6 is 0 Å². The van der Waals surface area contributed by atoms with Crippen LogP contribution in [0.25, 0.3) is 0 Å². The van der Waals surface area contributed by atoms with E-state index in [2.05, 4.69) is 92.1 Å². The summed E-state index contributed by atoms with van der Waals surface area (Å²) in [5, 5.41) is 22.9. The molecule has 2 atom stereocenters. The van der Waals surface area contributed by atoms with Crippen molar-refractivity contribution in [1.82, 2.24) is 5.32 Å². The van der Waals surface area contributed by atoms with E-state index in [0.29, 0.717) is 6.42 Å². The van der Waals surface area contributed by atoms with Crippen molar-refractivity contribution in [2.24, 2.45) is 0 Å². The van der Waals surface area contributed by atoms with E-state index >= 15 is 0 Å². The summed E-state index contributed by atoms with van der Waals surface area (Å²) in [6.07, 6.45) is 73.2. The summed E-state index contributed by atoms with van der Waals surface area (Å²) >= 11 is 0. The quantitative estimate of drug-likeness (QED) is 0.0423. The largest absolute Gasteiger partial charge is 0.394 e. The maximum absolute atomic E-state index is 12.3. The predicted molar refractivity (Wildman–Crippen MR) is 262 cm³/mol. The van der Waals surface area contributed by atoms with Crippen molar-refractivity contribution in [2.75, 3.05) is 6.61 Å². The van der Waals surface area contributed by atoms with Crippen molar-refractivity contribution in [3.8, 4) is 0 Å². The molecular formula is C55H97NO3. The molecule has 0 aliphatic rings. The Bertz CT molecular complexity index is 1070. The van der Waals surface area contributed by atoms with E-state index in [-0.39, 0.29) is 12.5 Å². The maximum Gasteiger partial charge on any atom is 0.220 e. The lowest BCUT2D eigenvalue weighted by molar-refractivity contribution is -0.123. The predicted octanol–water partition coefficient (Wildman–Crippen LogP) is 16.4. The van der Waals surface area contributed by atoms with Gasteiger partial charge in [0.15, 0.2) is 0 Å². The molecule has 0 radical (unpaired) electrons. The molecule has 0 saturated heterocycles. The van der Waals surface area contributed by atoms with Crippen molar-refractivity contribution >= 4 is 5.91 Å². The van der Waals surface area contributed by atoms with Gasteiger partial charge in [0.2, 0.25) is 5.91 Å². The van der Waals surface area contributed by atoms with Crippen LogP contribution in [-0.2, 0) is 4.79 Å². The summed E-state index contributed by atoms with van der Waals surface area (Å²) in [4.78, 5) is 12.3. The number of carbonyl (C=O) groups is 1. The van der Waals surface area contributed by atoms with E-state index in [0.717, 1.165) is 64.2 Å². The summed E-state index contributed by atoms with van der Waals surface area (Å²) in [5.74, 6) is -0.0675. The van der Waals surface area contributed by atoms with E-state index in [1.54, 1.807) is 6.08 Å². The molecule has 0 bridgehead atoms. The van der Waals surface area contributed by atoms with E-state index in [4.69, 9.17) is 0 Å². The maximum atomic E-state index is 12.3. The molecule has 0 aromatic rings. The van der Waals surface area contributed by atoms with Gasteiger partial charge in [0, 0.05) is 6.42 Å². The molecule has 0 rings (SSSR count). The Kier molecular flexibility index (Phi) is 47.9. The van der Waals surface area contributed by atoms with E-state index < -0.39 is 12.1 Å². The SMILES string of the molecule is CC/C=C\C/C=C\C/C=C\C/C=C\C/C=C\C/C=C\CCCCCCCCCCCCCCCCCCCCCCC(=O)NC(CO)C(O)/C=C/CCCCCCCC. The van der Waals surface area contributed by atoms with E-state index in [1.165, 1.54) is 154 Å². The molecule has 3 N–H and O–H groups in total. The Balaban J connectivity index is 3.43. The Labute approximate surface area is 367 Å². The fourth-order valence-electron chi connectivity index (χ4n) is 7.30. The van der Waals surface area contributed by atoms with Crippen LogP contribution in [0.3, 0.4) is 0 Å². The molecule has 0 aliphatic carbocycles. The van der Waals surface area contributed by atoms with Gasteiger partial charge in [0.1, 0.15) is 0 Å². The standard InChI is InChI=1S/C55H97NO3/c1-3-5-7-9-11-13-14-15-16-17-18-19-20-21-22-23-24-25-26-27-28-29-30-31-32-33-34-35-36-37-38-39-40-41-42-43-45-47-49-51-55(59)56-53(52-57)54(58)50-48-46-44-12-10-8-6-4-2/h5,7,11,13,15-16,18-19,21-22,24-25,48,50,53-54,57-58H,3-4,6,8-10,12,14,17,20,23,26-47,49,51-52H2,1-2H3,(H,56,59)/b7-5-,13-11-,16-15-,19-18-,22-21-,25-24-,50-48+. The number of aliphatic hydroxyl groups is 2. The lowest BCUT2D eigenvalue weighted by atomic mass is 10.0. The van der Waals surface area contributed by atoms with Crippen molar-refractivity contribution in [1.29, 1.82) is 0 Å². The number of hydrogen-bond acceptors (Lipinski definition) is 3. The van der Waals surface area contributed by atoms with Crippen LogP contribution in [0.4, 0.5) is 0 Å². The van der Waals surface area contributed by atoms with Crippen LogP contribution in [0, 0.1) is 0 Å². The highest BCUT2D eigenvalue weighted by atomic mass is 16.3. The third-order valence-electron chi connectivity index (χ3n) is 11.1. The van der Waals surface area contributed by atoms with Gasteiger partial charge in [-0.15, -0.1) is 0 Å². The van der Waals surface area contributed by atoms with E-state index in [1.807, 2.05) is 6.08 Å². The highest BCUT2D eigenvalue weighted by Gasteiger charge is 2.17. The molecule has 340 valence electrons. The molecule has 0 aromatic carbocycles. The second kappa shape index (κ2) is 49.9. The Morgan fingerprint density at radius 1 is 0.424 bits per heavy atom. The van der Waals surface area contributed by atoms with E-state index in [9.17, 15) is 15.0 Å². The Morgan fingerprint density at radius 2 is 0.746 bits per heavy atom. The molecule has 59 heavy (non-hydrogen) atoms. The van der Waals surface area contributed by atoms with Gasteiger partial charge in [-0.3, -0.25) is 4.79 Å². The number of allylic oxidation sites excluding steroid dienone is 13. The fraction of sp³-hybridized carbons (Fsp3) is 0.727. The average Bonchev–Trinajstić information content (AvgIpc) is 3.24. The number of hydrogen-bond donors (Lipinski definition) is 3. The Morgan fingerprint density at radius 3 is 1.12 bits per heavy atom. The lowest BCUT2D eigenvalue weighted by Gasteiger charge is -2.20. The first kappa shape index (κ1) is 56.6. The van der Waals surface area contributed by atoms with Crippen LogP contribution in [-0.4, -0.2) is 34.9 Å². The number of aliphatic hydroxyl groups excluding tert-OH is 2. The van der Waals surface area contributed by atoms with Gasteiger partial charge in [-0.25, -0.2) is 0 Å². The van der Waals surface area contributed by atoms with Crippen molar-refractivity contribution in [3.05, 3.63) is 85.1 Å². The fourth-order valence-corrected chi connectivity index (χ4v) is 7.30. The van der Waals surface area contributed by atoms with Gasteiger partial charge >= 0.3 is 0 Å². The van der Waals surface area contributed by atoms with Gasteiger partial charge in [-0.2, -0.15) is 0 Å². The smallest absolute Gasteiger partial charge is 0.220 e. The second-order valence-electron chi connectivity index (χ2n) is 16.9. The van der Waals surface area contributed by atoms with Crippen LogP contribution in [0.15, 0.2) is 85.1 Å². The van der Waals surface area contributed by atoms with Gasteiger partial charge in [0.05, 0.1) is 18.8 Å². The van der Waals surface area contributed by atoms with Gasteiger partial charge in [0.25, 0.3) is 0 Å². The molecule has 0 aromatic heterocycles. The summed E-state index contributed by atoms with van der Waals surface area (Å²) in [5.41, 5.74) is 0. The van der Waals surface area contributed by atoms with Crippen molar-refractivity contribution in [3.63, 3.8) is 0 Å². The van der Waals surface area contributed by atoms with Gasteiger partial charge < -0.3 is 15.5 Å². The minimum Gasteiger partial charge on any atom is -0.394 e. The molecule has 0 spiro atoms. The number of nitrogens with one attached hydrogen (secondary N) is 1. The van der Waals surface area contributed by atoms with Gasteiger partial charge in [-0.05, 0) is 70.6 Å². The minimum absolute atomic E-state index is 0.0675. The van der Waals surface area contributed by atoms with Crippen molar-refractivity contribution in [2.45, 2.75) is 251 Å². The zero-order chi connectivity index (χ0) is 42.8. The Hall–Kier alpha value is -2.43. The first-order valence-corrected chi connectivity index (χ1v) is 25.3. The molecule has 0 heterocycles. The lowest BCUT2D eigenvalue weighted by Crippen LogP contribution is -2.45. The zero-order valence-corrected chi connectivity index (χ0v) is 39.0. The highest BCUT2D eigenvalue weighted by molar-refractivity contribution is 5.76. The monoisotopic (exact) mass is 820 g/mol. The van der Waals surface area contributed by atoms with Crippen LogP contribution in [0.2, 0.25) is 0 Å². The molecule has 2 unspecified atom stereocenters. The van der Waals surface area contributed by atoms with Crippen LogP contribution < -0.4 is 5.32 Å². The second-order valence-corrected chi connectivity index (χ2v) is 16.9. The number of unbranched alkanes of at least 4 members (excludes halogenated alkanes) is 26. The molecule has 4 nitrogen and oxygen atoms in total. The van der Waals surface area contributed by atoms with Gasteiger partial charge in [-0.1, -0.05) is 247 Å². The molecular weight excluding hydrogens is 723 g/mol. The minimum atomic E-state index is -0.837. The topological polar surface area (TPSA) is 69.6 Å². The zero-order valence-electron chi connectivity index (χ0n) is 39.0. The molecule has 0 fully saturated rings. The average molecular weight is 820 g/mol. The van der Waals surface area contributed by atoms with Crippen LogP contribution in [0.1, 0.15) is 239 Å². The third-order valence-corrected chi connectivity index (χ3v) is 11.1. The molecule has 0 saturated carbocycles. The molecule has 1 amide bonds. The third kappa shape index (κ3) is 46.5. The summed E-state index contributed by atoms with van der Waals surface area (Å²) in [6.45, 7) is 4.15. The first-order chi connectivity index (χ1) is 29.2. The number of rotatable bonds is 45. The molecule has 4 heteroatoms. The number of amides is 1. The summed E-state index contributed by atoms with van der Waals surface area (Å²) in [6, 6.07) is -0.620. The number of carbonyl (C=O) groups excluding carboxylic acids is 1. The summed E-state index contributed by atoms with van der Waals surface area (Å²) < 4.78 is 0. The molecule has 0 aliphatic heterocycles.